The van der Waals surface area contributed by atoms with Gasteiger partial charge in [-0.05, 0) is 32.2 Å². The van der Waals surface area contributed by atoms with Gasteiger partial charge in [-0.15, -0.1) is 0 Å². The van der Waals surface area contributed by atoms with Crippen molar-refractivity contribution in [3.8, 4) is 0 Å². The van der Waals surface area contributed by atoms with Gasteiger partial charge in [-0.25, -0.2) is 0 Å². The van der Waals surface area contributed by atoms with E-state index in [1.165, 1.54) is 12.8 Å². The smallest absolute Gasteiger partial charge is 0.228 e. The van der Waals surface area contributed by atoms with Crippen molar-refractivity contribution in [2.45, 2.75) is 45.6 Å². The van der Waals surface area contributed by atoms with Gasteiger partial charge in [0.15, 0.2) is 0 Å². The molecule has 2 fully saturated rings. The Morgan fingerprint density at radius 1 is 1.53 bits per heavy atom. The van der Waals surface area contributed by atoms with E-state index in [0.717, 1.165) is 32.5 Å². The molecule has 0 aromatic heterocycles. The summed E-state index contributed by atoms with van der Waals surface area (Å²) >= 11 is 0. The molecule has 0 saturated carbocycles. The standard InChI is InChI=1S/C12H22N2O/c1-12(2)6-9-14(11(12)15)8-5-10-4-3-7-13-10/h10,13H,3-9H2,1-2H3. The SMILES string of the molecule is CC1(C)CCN(CCC2CCCN2)C1=O. The van der Waals surface area contributed by atoms with Crippen LogP contribution < -0.4 is 5.32 Å². The fourth-order valence-electron chi connectivity index (χ4n) is 2.58. The Morgan fingerprint density at radius 3 is 2.87 bits per heavy atom. The molecule has 2 aliphatic rings. The molecule has 0 aliphatic carbocycles. The third-order valence-corrected chi connectivity index (χ3v) is 3.78. The van der Waals surface area contributed by atoms with Crippen LogP contribution in [0.2, 0.25) is 0 Å². The molecule has 3 nitrogen and oxygen atoms in total. The normalized spacial score (nSPS) is 30.1. The second kappa shape index (κ2) is 4.12. The van der Waals surface area contributed by atoms with Crippen molar-refractivity contribution in [3.63, 3.8) is 0 Å². The molecule has 0 bridgehead atoms. The number of rotatable bonds is 3. The number of amides is 1. The Bertz CT molecular complexity index is 244. The quantitative estimate of drug-likeness (QED) is 0.763. The molecule has 1 atom stereocenters. The number of nitrogens with one attached hydrogen (secondary N) is 1. The van der Waals surface area contributed by atoms with Crippen molar-refractivity contribution in [2.24, 2.45) is 5.41 Å². The van der Waals surface area contributed by atoms with Crippen molar-refractivity contribution in [2.75, 3.05) is 19.6 Å². The molecule has 2 heterocycles. The number of hydrogen-bond acceptors (Lipinski definition) is 2. The van der Waals surface area contributed by atoms with Gasteiger partial charge in [0.2, 0.25) is 5.91 Å². The van der Waals surface area contributed by atoms with Gasteiger partial charge in [0, 0.05) is 24.5 Å². The molecule has 0 spiro atoms. The predicted octanol–water partition coefficient (Wildman–Crippen LogP) is 1.39. The van der Waals surface area contributed by atoms with Gasteiger partial charge in [0.1, 0.15) is 0 Å². The zero-order valence-electron chi connectivity index (χ0n) is 9.88. The van der Waals surface area contributed by atoms with Crippen LogP contribution in [0.5, 0.6) is 0 Å². The Balaban J connectivity index is 1.78. The summed E-state index contributed by atoms with van der Waals surface area (Å²) in [5, 5.41) is 3.48. The van der Waals surface area contributed by atoms with Crippen LogP contribution >= 0.6 is 0 Å². The van der Waals surface area contributed by atoms with Crippen LogP contribution in [0.4, 0.5) is 0 Å². The maximum atomic E-state index is 11.9. The van der Waals surface area contributed by atoms with Crippen LogP contribution in [0.15, 0.2) is 0 Å². The summed E-state index contributed by atoms with van der Waals surface area (Å²) in [6.45, 7) is 7.18. The molecular formula is C12H22N2O. The van der Waals surface area contributed by atoms with E-state index in [1.54, 1.807) is 0 Å². The number of likely N-dealkylation sites (tertiary alicyclic amines) is 1. The summed E-state index contributed by atoms with van der Waals surface area (Å²) in [6.07, 6.45) is 4.72. The van der Waals surface area contributed by atoms with Gasteiger partial charge < -0.3 is 10.2 Å². The maximum Gasteiger partial charge on any atom is 0.228 e. The molecule has 2 aliphatic heterocycles. The third kappa shape index (κ3) is 2.33. The molecule has 2 rings (SSSR count). The van der Waals surface area contributed by atoms with Crippen molar-refractivity contribution in [1.29, 1.82) is 0 Å². The largest absolute Gasteiger partial charge is 0.342 e. The van der Waals surface area contributed by atoms with Gasteiger partial charge in [0.25, 0.3) is 0 Å². The summed E-state index contributed by atoms with van der Waals surface area (Å²) in [4.78, 5) is 14.0. The second-order valence-electron chi connectivity index (χ2n) is 5.51. The van der Waals surface area contributed by atoms with E-state index in [1.807, 2.05) is 4.90 Å². The fourth-order valence-corrected chi connectivity index (χ4v) is 2.58. The maximum absolute atomic E-state index is 11.9. The Labute approximate surface area is 92.2 Å². The second-order valence-corrected chi connectivity index (χ2v) is 5.51. The summed E-state index contributed by atoms with van der Waals surface area (Å²) in [5.74, 6) is 0.348. The first kappa shape index (κ1) is 10.9. The summed E-state index contributed by atoms with van der Waals surface area (Å²) < 4.78 is 0. The lowest BCUT2D eigenvalue weighted by atomic mass is 9.92. The van der Waals surface area contributed by atoms with E-state index in [-0.39, 0.29) is 5.41 Å². The Kier molecular flexibility index (Phi) is 3.01. The van der Waals surface area contributed by atoms with Crippen molar-refractivity contribution in [3.05, 3.63) is 0 Å². The molecule has 2 saturated heterocycles. The third-order valence-electron chi connectivity index (χ3n) is 3.78. The lowest BCUT2D eigenvalue weighted by Crippen LogP contribution is -2.34. The molecule has 0 aromatic rings. The molecule has 1 amide bonds. The van der Waals surface area contributed by atoms with E-state index in [0.29, 0.717) is 11.9 Å². The van der Waals surface area contributed by atoms with E-state index in [9.17, 15) is 4.79 Å². The first-order chi connectivity index (χ1) is 7.09. The van der Waals surface area contributed by atoms with Gasteiger partial charge >= 0.3 is 0 Å². The van der Waals surface area contributed by atoms with Crippen LogP contribution in [-0.4, -0.2) is 36.5 Å². The van der Waals surface area contributed by atoms with E-state index < -0.39 is 0 Å². The van der Waals surface area contributed by atoms with E-state index in [2.05, 4.69) is 19.2 Å². The fraction of sp³-hybridized carbons (Fsp3) is 0.917. The molecule has 1 N–H and O–H groups in total. The average Bonchev–Trinajstić information content (AvgIpc) is 2.76. The molecule has 1 unspecified atom stereocenters. The van der Waals surface area contributed by atoms with Gasteiger partial charge in [-0.3, -0.25) is 4.79 Å². The Morgan fingerprint density at radius 2 is 2.33 bits per heavy atom. The van der Waals surface area contributed by atoms with Gasteiger partial charge in [-0.1, -0.05) is 13.8 Å². The van der Waals surface area contributed by atoms with Crippen LogP contribution in [0.1, 0.15) is 39.5 Å². The number of carbonyl (C=O) groups excluding carboxylic acids is 1. The minimum Gasteiger partial charge on any atom is -0.342 e. The van der Waals surface area contributed by atoms with Crippen LogP contribution in [-0.2, 0) is 4.79 Å². The molecular weight excluding hydrogens is 188 g/mol. The first-order valence-corrected chi connectivity index (χ1v) is 6.12. The highest BCUT2D eigenvalue weighted by atomic mass is 16.2. The number of hydrogen-bond donors (Lipinski definition) is 1. The van der Waals surface area contributed by atoms with Crippen molar-refractivity contribution < 1.29 is 4.79 Å². The molecule has 15 heavy (non-hydrogen) atoms. The minimum atomic E-state index is -0.108. The number of nitrogens with zero attached hydrogens (tertiary/aromatic N) is 1. The van der Waals surface area contributed by atoms with E-state index >= 15 is 0 Å². The van der Waals surface area contributed by atoms with E-state index in [4.69, 9.17) is 0 Å². The summed E-state index contributed by atoms with van der Waals surface area (Å²) in [7, 11) is 0. The monoisotopic (exact) mass is 210 g/mol. The van der Waals surface area contributed by atoms with Crippen LogP contribution in [0, 0.1) is 5.41 Å². The zero-order chi connectivity index (χ0) is 10.9. The highest BCUT2D eigenvalue weighted by molar-refractivity contribution is 5.83. The molecule has 0 radical (unpaired) electrons. The Hall–Kier alpha value is -0.570. The highest BCUT2D eigenvalue weighted by Crippen LogP contribution is 2.30. The molecule has 86 valence electrons. The predicted molar refractivity (Wildman–Crippen MR) is 60.6 cm³/mol. The first-order valence-electron chi connectivity index (χ1n) is 6.12. The van der Waals surface area contributed by atoms with Crippen molar-refractivity contribution >= 4 is 5.91 Å². The van der Waals surface area contributed by atoms with Crippen LogP contribution in [0.3, 0.4) is 0 Å². The summed E-state index contributed by atoms with van der Waals surface area (Å²) in [5.41, 5.74) is -0.108. The van der Waals surface area contributed by atoms with Gasteiger partial charge in [0.05, 0.1) is 0 Å². The highest BCUT2D eigenvalue weighted by Gasteiger charge is 2.38. The zero-order valence-corrected chi connectivity index (χ0v) is 9.88. The topological polar surface area (TPSA) is 32.3 Å². The van der Waals surface area contributed by atoms with Crippen molar-refractivity contribution in [1.82, 2.24) is 10.2 Å². The number of carbonyl (C=O) groups is 1. The summed E-state index contributed by atoms with van der Waals surface area (Å²) in [6, 6.07) is 0.654. The molecule has 0 aromatic carbocycles. The lowest BCUT2D eigenvalue weighted by molar-refractivity contribution is -0.134. The lowest BCUT2D eigenvalue weighted by Gasteiger charge is -2.21. The average molecular weight is 210 g/mol. The van der Waals surface area contributed by atoms with Gasteiger partial charge in [-0.2, -0.15) is 0 Å². The minimum absolute atomic E-state index is 0.108. The van der Waals surface area contributed by atoms with Crippen LogP contribution in [0.25, 0.3) is 0 Å². The molecule has 3 heteroatoms.